The van der Waals surface area contributed by atoms with Gasteiger partial charge in [0.1, 0.15) is 8.07 Å². The number of hydrogen-bond acceptors (Lipinski definition) is 0. The first-order chi connectivity index (χ1) is 11.2. The molecule has 1 aromatic rings. The van der Waals surface area contributed by atoms with Crippen molar-refractivity contribution in [2.24, 2.45) is 0 Å². The third-order valence-corrected chi connectivity index (χ3v) is 15.7. The second kappa shape index (κ2) is 6.38. The molecule has 0 amide bonds. The molecule has 0 saturated carbocycles. The van der Waals surface area contributed by atoms with Gasteiger partial charge in [0.15, 0.2) is 0 Å². The van der Waals surface area contributed by atoms with Crippen molar-refractivity contribution in [3.8, 4) is 0 Å². The lowest BCUT2D eigenvalue weighted by Gasteiger charge is -2.47. The van der Waals surface area contributed by atoms with Crippen molar-refractivity contribution in [2.45, 2.75) is 85.2 Å². The summed E-state index contributed by atoms with van der Waals surface area (Å²) in [5.74, 6) is 0. The zero-order chi connectivity index (χ0) is 19.4. The average Bonchev–Trinajstić information content (AvgIpc) is 2.69. The molecule has 1 aliphatic carbocycles. The van der Waals surface area contributed by atoms with E-state index in [0.717, 1.165) is 0 Å². The Hall–Kier alpha value is -0.866. The van der Waals surface area contributed by atoms with Crippen molar-refractivity contribution in [1.82, 2.24) is 0 Å². The van der Waals surface area contributed by atoms with E-state index in [0.29, 0.717) is 5.54 Å². The van der Waals surface area contributed by atoms with Gasteiger partial charge in [-0.05, 0) is 38.8 Å². The van der Waals surface area contributed by atoms with Gasteiger partial charge in [0.2, 0.25) is 0 Å². The fourth-order valence-corrected chi connectivity index (χ4v) is 10.9. The van der Waals surface area contributed by atoms with Gasteiger partial charge in [0.05, 0.1) is 8.07 Å². The van der Waals surface area contributed by atoms with E-state index in [-0.39, 0.29) is 5.04 Å². The van der Waals surface area contributed by atoms with Crippen molar-refractivity contribution >= 4 is 26.5 Å². The maximum atomic E-state index is 2.63. The van der Waals surface area contributed by atoms with Crippen LogP contribution in [0.2, 0.25) is 36.8 Å². The van der Waals surface area contributed by atoms with Crippen molar-refractivity contribution < 1.29 is 0 Å². The third kappa shape index (κ3) is 3.17. The molecule has 0 nitrogen and oxygen atoms in total. The monoisotopic (exact) mass is 370 g/mol. The van der Waals surface area contributed by atoms with E-state index in [2.05, 4.69) is 98.9 Å². The van der Waals surface area contributed by atoms with Crippen LogP contribution in [0.15, 0.2) is 41.0 Å². The summed E-state index contributed by atoms with van der Waals surface area (Å²) in [6.07, 6.45) is 2.60. The molecule has 138 valence electrons. The van der Waals surface area contributed by atoms with E-state index in [1.165, 1.54) is 16.7 Å². The highest BCUT2D eigenvalue weighted by Gasteiger charge is 2.52. The van der Waals surface area contributed by atoms with Crippen LogP contribution in [0.1, 0.15) is 47.1 Å². The second-order valence-corrected chi connectivity index (χ2v) is 20.2. The first-order valence-electron chi connectivity index (χ1n) is 9.75. The van der Waals surface area contributed by atoms with Crippen molar-refractivity contribution in [3.05, 3.63) is 46.6 Å². The Morgan fingerprint density at radius 1 is 0.840 bits per heavy atom. The van der Waals surface area contributed by atoms with E-state index in [1.807, 2.05) is 0 Å². The van der Waals surface area contributed by atoms with Crippen LogP contribution in [-0.2, 0) is 0 Å². The molecule has 1 aromatic carbocycles. The molecule has 0 fully saturated rings. The zero-order valence-electron chi connectivity index (χ0n) is 18.4. The summed E-state index contributed by atoms with van der Waals surface area (Å²) in [5.41, 5.74) is 6.73. The van der Waals surface area contributed by atoms with Crippen molar-refractivity contribution in [3.63, 3.8) is 0 Å². The van der Waals surface area contributed by atoms with E-state index in [9.17, 15) is 0 Å². The van der Waals surface area contributed by atoms with Crippen LogP contribution in [-0.4, -0.2) is 16.1 Å². The number of allylic oxidation sites excluding steroid dienone is 4. The van der Waals surface area contributed by atoms with Gasteiger partial charge >= 0.3 is 0 Å². The molecule has 0 heterocycles. The fraction of sp³-hybridized carbons (Fsp3) is 0.565. The topological polar surface area (TPSA) is 0 Å². The molecule has 0 radical (unpaired) electrons. The smallest absolute Gasteiger partial charge is 0.0737 e. The number of benzene rings is 1. The number of rotatable bonds is 4. The highest BCUT2D eigenvalue weighted by Crippen LogP contribution is 2.56. The van der Waals surface area contributed by atoms with Crippen LogP contribution in [0.5, 0.6) is 0 Å². The summed E-state index contributed by atoms with van der Waals surface area (Å²) in [6.45, 7) is 26.7. The molecule has 0 spiro atoms. The molecule has 0 aliphatic heterocycles. The minimum Gasteiger partial charge on any atom is -0.0737 e. The predicted octanol–water partition coefficient (Wildman–Crippen LogP) is 6.29. The largest absolute Gasteiger partial charge is 0.100 e. The molecule has 25 heavy (non-hydrogen) atoms. The van der Waals surface area contributed by atoms with Crippen LogP contribution in [0.25, 0.3) is 0 Å². The van der Waals surface area contributed by atoms with Gasteiger partial charge in [0.25, 0.3) is 0 Å². The van der Waals surface area contributed by atoms with Crippen LogP contribution < -0.4 is 10.4 Å². The second-order valence-electron chi connectivity index (χ2n) is 9.97. The molecule has 0 aromatic heterocycles. The van der Waals surface area contributed by atoms with E-state index in [4.69, 9.17) is 0 Å². The predicted molar refractivity (Wildman–Crippen MR) is 121 cm³/mol. The Balaban J connectivity index is 2.78. The Labute approximate surface area is 158 Å². The zero-order valence-corrected chi connectivity index (χ0v) is 20.4. The van der Waals surface area contributed by atoms with Crippen molar-refractivity contribution in [1.29, 1.82) is 0 Å². The van der Waals surface area contributed by atoms with Gasteiger partial charge in [-0.25, -0.2) is 0 Å². The van der Waals surface area contributed by atoms with Gasteiger partial charge in [-0.3, -0.25) is 0 Å². The lowest BCUT2D eigenvalue weighted by Crippen LogP contribution is -2.57. The maximum Gasteiger partial charge on any atom is 0.100 e. The summed E-state index contributed by atoms with van der Waals surface area (Å²) in [4.78, 5) is 0. The molecule has 0 N–H and O–H groups in total. The molecule has 2 atom stereocenters. The summed E-state index contributed by atoms with van der Waals surface area (Å²) in [7, 11) is -3.12. The third-order valence-electron chi connectivity index (χ3n) is 7.21. The molecule has 2 unspecified atom stereocenters. The summed E-state index contributed by atoms with van der Waals surface area (Å²) in [6, 6.07) is 7.54. The Bertz CT molecular complexity index is 746. The highest BCUT2D eigenvalue weighted by atomic mass is 28.3. The molecule has 2 heteroatoms. The van der Waals surface area contributed by atoms with Gasteiger partial charge in [-0.1, -0.05) is 98.3 Å². The summed E-state index contributed by atoms with van der Waals surface area (Å²) >= 11 is 0. The first kappa shape index (κ1) is 20.4. The highest BCUT2D eigenvalue weighted by molar-refractivity contribution is 6.96. The average molecular weight is 371 g/mol. The minimum atomic E-state index is -1.79. The Morgan fingerprint density at radius 3 is 1.76 bits per heavy atom. The molecule has 1 aliphatic rings. The van der Waals surface area contributed by atoms with Gasteiger partial charge in [0, 0.05) is 5.04 Å². The molecule has 2 rings (SSSR count). The lowest BCUT2D eigenvalue weighted by molar-refractivity contribution is 0.811. The van der Waals surface area contributed by atoms with Crippen molar-refractivity contribution in [2.75, 3.05) is 0 Å². The standard InChI is InChI=1S/C23H38Si2/c1-16(2)25(11,23(7)15-18(4)19(5)20(23)6)22-13-17(3)12-21(14-22)24(8,9)10/h12-16H,1-11H3. The van der Waals surface area contributed by atoms with Gasteiger partial charge in [-0.2, -0.15) is 0 Å². The van der Waals surface area contributed by atoms with E-state index in [1.54, 1.807) is 15.9 Å². The fourth-order valence-electron chi connectivity index (χ4n) is 4.62. The van der Waals surface area contributed by atoms with Gasteiger partial charge < -0.3 is 0 Å². The quantitative estimate of drug-likeness (QED) is 0.546. The van der Waals surface area contributed by atoms with E-state index < -0.39 is 16.1 Å². The molecule has 0 saturated heterocycles. The Kier molecular flexibility index (Phi) is 5.22. The maximum absolute atomic E-state index is 2.63. The van der Waals surface area contributed by atoms with Crippen LogP contribution in [0.4, 0.5) is 0 Å². The van der Waals surface area contributed by atoms with Crippen LogP contribution >= 0.6 is 0 Å². The van der Waals surface area contributed by atoms with Crippen LogP contribution in [0, 0.1) is 6.92 Å². The normalized spacial score (nSPS) is 23.9. The Morgan fingerprint density at radius 2 is 1.36 bits per heavy atom. The first-order valence-corrected chi connectivity index (χ1v) is 15.8. The minimum absolute atomic E-state index is 0.208. The molecule has 0 bridgehead atoms. The summed E-state index contributed by atoms with van der Waals surface area (Å²) < 4.78 is 0. The molecular formula is C23H38Si2. The number of aryl methyl sites for hydroxylation is 1. The number of hydrogen-bond donors (Lipinski definition) is 0. The SMILES string of the molecule is CC1=CC(C)([Si](C)(c2cc(C)cc([Si](C)(C)C)c2)C(C)C)C(C)=C1C. The summed E-state index contributed by atoms with van der Waals surface area (Å²) in [5, 5.41) is 3.47. The van der Waals surface area contributed by atoms with E-state index >= 15 is 0 Å². The molecular weight excluding hydrogens is 332 g/mol. The van der Waals surface area contributed by atoms with Crippen LogP contribution in [0.3, 0.4) is 0 Å². The van der Waals surface area contributed by atoms with Gasteiger partial charge in [-0.15, -0.1) is 0 Å². The lowest BCUT2D eigenvalue weighted by atomic mass is 10.0.